The van der Waals surface area contributed by atoms with E-state index in [-0.39, 0.29) is 0 Å². The number of rotatable bonds is 6. The van der Waals surface area contributed by atoms with Crippen LogP contribution in [0.25, 0.3) is 0 Å². The Morgan fingerprint density at radius 3 is 2.09 bits per heavy atom. The van der Waals surface area contributed by atoms with Crippen LogP contribution in [-0.4, -0.2) is 13.7 Å². The third-order valence-electron chi connectivity index (χ3n) is 2.30. The summed E-state index contributed by atoms with van der Waals surface area (Å²) in [5.41, 5.74) is 0. The van der Waals surface area contributed by atoms with Gasteiger partial charge in [-0.05, 0) is 18.3 Å². The highest BCUT2D eigenvalue weighted by Crippen LogP contribution is 2.14. The van der Waals surface area contributed by atoms with Crippen molar-refractivity contribution in [1.82, 2.24) is 0 Å². The van der Waals surface area contributed by atoms with Crippen LogP contribution in [0.3, 0.4) is 0 Å². The Kier molecular flexibility index (Phi) is 6.63. The molecule has 2 unspecified atom stereocenters. The standard InChI is InChI=1S/C10H22O/c1-5-9(2)6-7-10(3)8-11-4/h9-10H,5-8H2,1-4H3. The molecule has 0 aromatic heterocycles. The second kappa shape index (κ2) is 6.66. The van der Waals surface area contributed by atoms with Crippen molar-refractivity contribution in [2.45, 2.75) is 40.0 Å². The lowest BCUT2D eigenvalue weighted by molar-refractivity contribution is 0.152. The summed E-state index contributed by atoms with van der Waals surface area (Å²) in [6.45, 7) is 7.74. The van der Waals surface area contributed by atoms with E-state index in [2.05, 4.69) is 20.8 Å². The molecular formula is C10H22O. The highest BCUT2D eigenvalue weighted by atomic mass is 16.5. The Hall–Kier alpha value is -0.0400. The van der Waals surface area contributed by atoms with E-state index in [1.807, 2.05) is 0 Å². The quantitative estimate of drug-likeness (QED) is 0.577. The van der Waals surface area contributed by atoms with Crippen LogP contribution in [0, 0.1) is 11.8 Å². The summed E-state index contributed by atoms with van der Waals surface area (Å²) in [6, 6.07) is 0. The summed E-state index contributed by atoms with van der Waals surface area (Å²) >= 11 is 0. The van der Waals surface area contributed by atoms with Gasteiger partial charge in [0.1, 0.15) is 0 Å². The van der Waals surface area contributed by atoms with Gasteiger partial charge in [0.2, 0.25) is 0 Å². The number of hydrogen-bond acceptors (Lipinski definition) is 1. The molecule has 0 amide bonds. The van der Waals surface area contributed by atoms with Crippen LogP contribution in [0.5, 0.6) is 0 Å². The molecule has 1 nitrogen and oxygen atoms in total. The number of methoxy groups -OCH3 is 1. The largest absolute Gasteiger partial charge is 0.384 e. The first-order valence-corrected chi connectivity index (χ1v) is 4.69. The molecule has 0 aliphatic carbocycles. The predicted octanol–water partition coefficient (Wildman–Crippen LogP) is 3.10. The Bertz CT molecular complexity index is 80.9. The first-order valence-electron chi connectivity index (χ1n) is 4.69. The fourth-order valence-electron chi connectivity index (χ4n) is 1.14. The summed E-state index contributed by atoms with van der Waals surface area (Å²) in [4.78, 5) is 0. The van der Waals surface area contributed by atoms with Crippen molar-refractivity contribution in [1.29, 1.82) is 0 Å². The van der Waals surface area contributed by atoms with Gasteiger partial charge in [0.15, 0.2) is 0 Å². The van der Waals surface area contributed by atoms with Crippen molar-refractivity contribution >= 4 is 0 Å². The molecule has 68 valence electrons. The average Bonchev–Trinajstić information content (AvgIpc) is 2.01. The number of hydrogen-bond donors (Lipinski definition) is 0. The Labute approximate surface area is 71.1 Å². The zero-order chi connectivity index (χ0) is 8.69. The molecule has 0 saturated carbocycles. The Balaban J connectivity index is 3.22. The molecule has 0 saturated heterocycles. The molecule has 0 aliphatic heterocycles. The van der Waals surface area contributed by atoms with Crippen LogP contribution < -0.4 is 0 Å². The minimum absolute atomic E-state index is 0.731. The molecular weight excluding hydrogens is 136 g/mol. The molecule has 0 aromatic rings. The monoisotopic (exact) mass is 158 g/mol. The van der Waals surface area contributed by atoms with Crippen molar-refractivity contribution < 1.29 is 4.74 Å². The molecule has 0 spiro atoms. The maximum absolute atomic E-state index is 5.07. The third-order valence-corrected chi connectivity index (χ3v) is 2.30. The van der Waals surface area contributed by atoms with Crippen molar-refractivity contribution in [3.8, 4) is 0 Å². The van der Waals surface area contributed by atoms with Gasteiger partial charge >= 0.3 is 0 Å². The summed E-state index contributed by atoms with van der Waals surface area (Å²) in [7, 11) is 1.78. The second-order valence-corrected chi connectivity index (χ2v) is 3.65. The second-order valence-electron chi connectivity index (χ2n) is 3.65. The minimum Gasteiger partial charge on any atom is -0.384 e. The van der Waals surface area contributed by atoms with E-state index < -0.39 is 0 Å². The van der Waals surface area contributed by atoms with Gasteiger partial charge in [-0.25, -0.2) is 0 Å². The highest BCUT2D eigenvalue weighted by molar-refractivity contribution is 4.55. The van der Waals surface area contributed by atoms with E-state index in [4.69, 9.17) is 4.74 Å². The summed E-state index contributed by atoms with van der Waals surface area (Å²) < 4.78 is 5.07. The molecule has 0 aromatic carbocycles. The average molecular weight is 158 g/mol. The maximum Gasteiger partial charge on any atom is 0.0487 e. The van der Waals surface area contributed by atoms with Crippen molar-refractivity contribution in [2.75, 3.05) is 13.7 Å². The van der Waals surface area contributed by atoms with E-state index in [1.54, 1.807) is 7.11 Å². The summed E-state index contributed by atoms with van der Waals surface area (Å²) in [6.07, 6.45) is 3.96. The van der Waals surface area contributed by atoms with Crippen LogP contribution in [-0.2, 0) is 4.74 Å². The first kappa shape index (κ1) is 11.0. The molecule has 0 fully saturated rings. The van der Waals surface area contributed by atoms with E-state index in [9.17, 15) is 0 Å². The van der Waals surface area contributed by atoms with Crippen LogP contribution >= 0.6 is 0 Å². The molecule has 0 rings (SSSR count). The number of ether oxygens (including phenoxy) is 1. The Morgan fingerprint density at radius 1 is 1.09 bits per heavy atom. The van der Waals surface area contributed by atoms with Crippen molar-refractivity contribution in [3.05, 3.63) is 0 Å². The fourth-order valence-corrected chi connectivity index (χ4v) is 1.14. The van der Waals surface area contributed by atoms with Crippen molar-refractivity contribution in [3.63, 3.8) is 0 Å². The first-order chi connectivity index (χ1) is 5.20. The van der Waals surface area contributed by atoms with Crippen LogP contribution in [0.2, 0.25) is 0 Å². The smallest absolute Gasteiger partial charge is 0.0487 e. The lowest BCUT2D eigenvalue weighted by atomic mass is 9.97. The van der Waals surface area contributed by atoms with Crippen LogP contribution in [0.1, 0.15) is 40.0 Å². The van der Waals surface area contributed by atoms with Crippen molar-refractivity contribution in [2.24, 2.45) is 11.8 Å². The third kappa shape index (κ3) is 6.36. The predicted molar refractivity (Wildman–Crippen MR) is 49.7 cm³/mol. The van der Waals surface area contributed by atoms with E-state index >= 15 is 0 Å². The maximum atomic E-state index is 5.07. The van der Waals surface area contributed by atoms with Crippen LogP contribution in [0.4, 0.5) is 0 Å². The van der Waals surface area contributed by atoms with Gasteiger partial charge in [0.05, 0.1) is 0 Å². The minimum atomic E-state index is 0.731. The van der Waals surface area contributed by atoms with E-state index in [0.717, 1.165) is 18.4 Å². The topological polar surface area (TPSA) is 9.23 Å². The normalized spacial score (nSPS) is 16.4. The summed E-state index contributed by atoms with van der Waals surface area (Å²) in [5, 5.41) is 0. The molecule has 0 N–H and O–H groups in total. The summed E-state index contributed by atoms with van der Waals surface area (Å²) in [5.74, 6) is 1.61. The van der Waals surface area contributed by atoms with Gasteiger partial charge in [-0.1, -0.05) is 33.6 Å². The van der Waals surface area contributed by atoms with Gasteiger partial charge in [-0.2, -0.15) is 0 Å². The molecule has 1 heteroatoms. The zero-order valence-corrected chi connectivity index (χ0v) is 8.39. The van der Waals surface area contributed by atoms with Gasteiger partial charge in [0.25, 0.3) is 0 Å². The Morgan fingerprint density at radius 2 is 1.64 bits per heavy atom. The molecule has 0 bridgehead atoms. The van der Waals surface area contributed by atoms with Gasteiger partial charge < -0.3 is 4.74 Å². The molecule has 0 radical (unpaired) electrons. The zero-order valence-electron chi connectivity index (χ0n) is 8.39. The highest BCUT2D eigenvalue weighted by Gasteiger charge is 2.04. The van der Waals surface area contributed by atoms with Gasteiger partial charge in [0, 0.05) is 13.7 Å². The van der Waals surface area contributed by atoms with Gasteiger partial charge in [-0.3, -0.25) is 0 Å². The van der Waals surface area contributed by atoms with E-state index in [1.165, 1.54) is 19.3 Å². The lowest BCUT2D eigenvalue weighted by Gasteiger charge is -2.12. The van der Waals surface area contributed by atoms with Gasteiger partial charge in [-0.15, -0.1) is 0 Å². The van der Waals surface area contributed by atoms with Crippen LogP contribution in [0.15, 0.2) is 0 Å². The molecule has 11 heavy (non-hydrogen) atoms. The molecule has 2 atom stereocenters. The lowest BCUT2D eigenvalue weighted by Crippen LogP contribution is -2.05. The molecule has 0 aliphatic rings. The van der Waals surface area contributed by atoms with E-state index in [0.29, 0.717) is 0 Å². The molecule has 0 heterocycles. The fraction of sp³-hybridized carbons (Fsp3) is 1.00. The SMILES string of the molecule is CCC(C)CCC(C)COC.